The molecular formula is C22H33BClNO5. The van der Waals surface area contributed by atoms with Crippen LogP contribution in [0.5, 0.6) is 0 Å². The van der Waals surface area contributed by atoms with Gasteiger partial charge >= 0.3 is 13.2 Å². The van der Waals surface area contributed by atoms with E-state index in [0.29, 0.717) is 31.1 Å². The van der Waals surface area contributed by atoms with Gasteiger partial charge in [-0.05, 0) is 60.1 Å². The molecule has 2 heterocycles. The largest absolute Gasteiger partial charge is 0.496 e. The Labute approximate surface area is 185 Å². The van der Waals surface area contributed by atoms with E-state index in [2.05, 4.69) is 0 Å². The van der Waals surface area contributed by atoms with E-state index < -0.39 is 23.9 Å². The van der Waals surface area contributed by atoms with Gasteiger partial charge in [0.15, 0.2) is 0 Å². The van der Waals surface area contributed by atoms with Crippen molar-refractivity contribution in [2.24, 2.45) is 0 Å². The molecule has 3 rings (SSSR count). The number of amides is 1. The molecule has 0 aromatic heterocycles. The Morgan fingerprint density at radius 1 is 1.23 bits per heavy atom. The second kappa shape index (κ2) is 8.34. The number of benzene rings is 1. The smallest absolute Gasteiger partial charge is 0.444 e. The van der Waals surface area contributed by atoms with Crippen LogP contribution in [-0.2, 0) is 25.2 Å². The maximum Gasteiger partial charge on any atom is 0.496 e. The third kappa shape index (κ3) is 5.31. The fourth-order valence-corrected chi connectivity index (χ4v) is 3.75. The standard InChI is InChI=1S/C22H33BClNO5/c1-20(2,3)28-19(26)25-10-11-27-16(14-25)12-15-8-9-17(18(24)13-15)23-29-21(4,5)22(6,7)30-23/h8-9,13,16H,10-12,14H2,1-7H3. The quantitative estimate of drug-likeness (QED) is 0.673. The predicted octanol–water partition coefficient (Wildman–Crippen LogP) is 3.82. The number of morpholine rings is 1. The van der Waals surface area contributed by atoms with E-state index in [4.69, 9.17) is 30.4 Å². The van der Waals surface area contributed by atoms with Gasteiger partial charge in [-0.15, -0.1) is 0 Å². The number of nitrogens with zero attached hydrogens (tertiary/aromatic N) is 1. The molecule has 0 radical (unpaired) electrons. The van der Waals surface area contributed by atoms with E-state index in [1.165, 1.54) is 0 Å². The first-order chi connectivity index (χ1) is 13.8. The number of halogens is 1. The molecule has 1 amide bonds. The molecule has 1 unspecified atom stereocenters. The van der Waals surface area contributed by atoms with Crippen LogP contribution in [0, 0.1) is 0 Å². The third-order valence-electron chi connectivity index (χ3n) is 5.83. The minimum atomic E-state index is -0.512. The first-order valence-electron chi connectivity index (χ1n) is 10.5. The normalized spacial score (nSPS) is 23.5. The summed E-state index contributed by atoms with van der Waals surface area (Å²) in [6.45, 7) is 15.2. The van der Waals surface area contributed by atoms with Crippen LogP contribution in [0.15, 0.2) is 18.2 Å². The maximum absolute atomic E-state index is 12.4. The summed E-state index contributed by atoms with van der Waals surface area (Å²) < 4.78 is 23.6. The summed E-state index contributed by atoms with van der Waals surface area (Å²) in [5, 5.41) is 0.603. The zero-order valence-corrected chi connectivity index (χ0v) is 19.8. The summed E-state index contributed by atoms with van der Waals surface area (Å²) in [6.07, 6.45) is 0.248. The molecule has 166 valence electrons. The lowest BCUT2D eigenvalue weighted by molar-refractivity contribution is -0.0415. The molecule has 1 atom stereocenters. The van der Waals surface area contributed by atoms with Crippen molar-refractivity contribution in [1.82, 2.24) is 4.90 Å². The molecule has 2 aliphatic heterocycles. The van der Waals surface area contributed by atoms with Crippen molar-refractivity contribution in [2.45, 2.75) is 77.8 Å². The van der Waals surface area contributed by atoms with E-state index in [1.54, 1.807) is 4.90 Å². The Hall–Kier alpha value is -1.28. The summed E-state index contributed by atoms with van der Waals surface area (Å²) in [4.78, 5) is 14.1. The Kier molecular flexibility index (Phi) is 6.50. The number of ether oxygens (including phenoxy) is 2. The molecule has 0 bridgehead atoms. The van der Waals surface area contributed by atoms with Crippen LogP contribution >= 0.6 is 11.6 Å². The van der Waals surface area contributed by atoms with Gasteiger partial charge in [-0.25, -0.2) is 4.79 Å². The molecule has 0 saturated carbocycles. The summed E-state index contributed by atoms with van der Waals surface area (Å²) in [5.41, 5.74) is 0.513. The van der Waals surface area contributed by atoms with Crippen molar-refractivity contribution in [2.75, 3.05) is 19.7 Å². The summed E-state index contributed by atoms with van der Waals surface area (Å²) in [5.74, 6) is 0. The summed E-state index contributed by atoms with van der Waals surface area (Å²) in [6, 6.07) is 5.90. The number of carbonyl (C=O) groups excluding carboxylic acids is 1. The van der Waals surface area contributed by atoms with E-state index in [1.807, 2.05) is 66.7 Å². The Balaban J connectivity index is 1.64. The van der Waals surface area contributed by atoms with Crippen molar-refractivity contribution in [1.29, 1.82) is 0 Å². The minimum Gasteiger partial charge on any atom is -0.444 e. The van der Waals surface area contributed by atoms with Gasteiger partial charge in [-0.3, -0.25) is 0 Å². The number of rotatable bonds is 3. The fraction of sp³-hybridized carbons (Fsp3) is 0.682. The van der Waals surface area contributed by atoms with E-state index in [0.717, 1.165) is 11.0 Å². The Morgan fingerprint density at radius 3 is 2.43 bits per heavy atom. The monoisotopic (exact) mass is 437 g/mol. The molecule has 1 aromatic carbocycles. The van der Waals surface area contributed by atoms with Crippen molar-refractivity contribution < 1.29 is 23.6 Å². The van der Waals surface area contributed by atoms with Gasteiger partial charge in [0.2, 0.25) is 0 Å². The third-order valence-corrected chi connectivity index (χ3v) is 6.15. The van der Waals surface area contributed by atoms with Gasteiger partial charge in [-0.1, -0.05) is 23.7 Å². The lowest BCUT2D eigenvalue weighted by Crippen LogP contribution is -2.48. The summed E-state index contributed by atoms with van der Waals surface area (Å²) >= 11 is 6.58. The molecule has 2 saturated heterocycles. The topological polar surface area (TPSA) is 57.2 Å². The molecule has 8 heteroatoms. The van der Waals surface area contributed by atoms with Crippen LogP contribution < -0.4 is 5.46 Å². The molecule has 0 N–H and O–H groups in total. The van der Waals surface area contributed by atoms with Gasteiger partial charge in [0, 0.05) is 23.5 Å². The van der Waals surface area contributed by atoms with Crippen LogP contribution in [0.1, 0.15) is 54.0 Å². The zero-order chi connectivity index (χ0) is 22.3. The predicted molar refractivity (Wildman–Crippen MR) is 118 cm³/mol. The highest BCUT2D eigenvalue weighted by atomic mass is 35.5. The van der Waals surface area contributed by atoms with Crippen LogP contribution in [-0.4, -0.2) is 60.7 Å². The second-order valence-corrected chi connectivity index (χ2v) is 10.5. The molecule has 6 nitrogen and oxygen atoms in total. The molecule has 2 aliphatic rings. The average Bonchev–Trinajstić information content (AvgIpc) is 2.81. The van der Waals surface area contributed by atoms with Crippen LogP contribution in [0.4, 0.5) is 4.79 Å². The summed E-state index contributed by atoms with van der Waals surface area (Å²) in [7, 11) is -0.495. The van der Waals surface area contributed by atoms with Crippen LogP contribution in [0.25, 0.3) is 0 Å². The second-order valence-electron chi connectivity index (χ2n) is 10.1. The average molecular weight is 438 g/mol. The van der Waals surface area contributed by atoms with Crippen LogP contribution in [0.2, 0.25) is 5.02 Å². The number of carbonyl (C=O) groups is 1. The molecular weight excluding hydrogens is 405 g/mol. The Bertz CT molecular complexity index is 776. The van der Waals surface area contributed by atoms with E-state index in [-0.39, 0.29) is 12.2 Å². The SMILES string of the molecule is CC(C)(C)OC(=O)N1CCOC(Cc2ccc(B3OC(C)(C)C(C)(C)O3)c(Cl)c2)C1. The molecule has 2 fully saturated rings. The fourth-order valence-electron chi connectivity index (χ4n) is 3.46. The zero-order valence-electron chi connectivity index (χ0n) is 19.1. The van der Waals surface area contributed by atoms with E-state index >= 15 is 0 Å². The van der Waals surface area contributed by atoms with E-state index in [9.17, 15) is 4.79 Å². The molecule has 1 aromatic rings. The maximum atomic E-state index is 12.4. The lowest BCUT2D eigenvalue weighted by atomic mass is 9.78. The van der Waals surface area contributed by atoms with Gasteiger partial charge in [0.25, 0.3) is 0 Å². The Morgan fingerprint density at radius 2 is 1.87 bits per heavy atom. The van der Waals surface area contributed by atoms with Gasteiger partial charge in [-0.2, -0.15) is 0 Å². The van der Waals surface area contributed by atoms with Gasteiger partial charge < -0.3 is 23.7 Å². The molecule has 0 spiro atoms. The van der Waals surface area contributed by atoms with Crippen molar-refractivity contribution >= 4 is 30.3 Å². The minimum absolute atomic E-state index is 0.106. The molecule has 0 aliphatic carbocycles. The highest BCUT2D eigenvalue weighted by molar-refractivity contribution is 6.65. The van der Waals surface area contributed by atoms with Crippen molar-refractivity contribution in [3.05, 3.63) is 28.8 Å². The van der Waals surface area contributed by atoms with Gasteiger partial charge in [0.1, 0.15) is 5.60 Å². The highest BCUT2D eigenvalue weighted by Crippen LogP contribution is 2.37. The highest BCUT2D eigenvalue weighted by Gasteiger charge is 2.52. The molecule has 30 heavy (non-hydrogen) atoms. The first-order valence-corrected chi connectivity index (χ1v) is 10.9. The van der Waals surface area contributed by atoms with Crippen molar-refractivity contribution in [3.63, 3.8) is 0 Å². The first kappa shape index (κ1) is 23.4. The number of hydrogen-bond donors (Lipinski definition) is 0. The number of hydrogen-bond acceptors (Lipinski definition) is 5. The lowest BCUT2D eigenvalue weighted by Gasteiger charge is -2.34. The van der Waals surface area contributed by atoms with Gasteiger partial charge in [0.05, 0.1) is 30.5 Å². The van der Waals surface area contributed by atoms with Crippen LogP contribution in [0.3, 0.4) is 0 Å². The van der Waals surface area contributed by atoms with Crippen molar-refractivity contribution in [3.8, 4) is 0 Å².